The van der Waals surface area contributed by atoms with E-state index in [1.54, 1.807) is 35.7 Å². The fourth-order valence-electron chi connectivity index (χ4n) is 3.44. The molecule has 0 aliphatic carbocycles. The predicted octanol–water partition coefficient (Wildman–Crippen LogP) is 9.08. The third-order valence-corrected chi connectivity index (χ3v) is 7.39. The first-order valence-electron chi connectivity index (χ1n) is 11.5. The second-order valence-corrected chi connectivity index (χ2v) is 10.1. The van der Waals surface area contributed by atoms with Gasteiger partial charge in [-0.1, -0.05) is 54.6 Å². The fourth-order valence-corrected chi connectivity index (χ4v) is 5.52. The van der Waals surface area contributed by atoms with Gasteiger partial charge in [-0.3, -0.25) is 14.8 Å². The van der Waals surface area contributed by atoms with E-state index in [1.807, 2.05) is 48.8 Å². The Morgan fingerprint density at radius 1 is 0.730 bits per heavy atom. The van der Waals surface area contributed by atoms with Gasteiger partial charge < -0.3 is 0 Å². The molecule has 0 saturated heterocycles. The number of aromatic nitrogens is 2. The van der Waals surface area contributed by atoms with Gasteiger partial charge in [-0.05, 0) is 66.2 Å². The minimum Gasteiger partial charge on any atom is -0.300 e. The van der Waals surface area contributed by atoms with E-state index in [4.69, 9.17) is 0 Å². The molecule has 6 heteroatoms. The van der Waals surface area contributed by atoms with Gasteiger partial charge in [-0.15, -0.1) is 29.3 Å². The first kappa shape index (κ1) is 28.3. The normalized spacial score (nSPS) is 9.86. The molecule has 0 bridgehead atoms. The zero-order valence-electron chi connectivity index (χ0n) is 20.4. The van der Waals surface area contributed by atoms with Crippen LogP contribution in [-0.4, -0.2) is 15.8 Å². The van der Waals surface area contributed by atoms with Gasteiger partial charge in [0.05, 0.1) is 21.1 Å². The molecule has 0 aliphatic heterocycles. The van der Waals surface area contributed by atoms with Crippen LogP contribution < -0.4 is 0 Å². The van der Waals surface area contributed by atoms with Gasteiger partial charge in [0.2, 0.25) is 0 Å². The maximum Gasteiger partial charge on any atom is 0.133 e. The number of nitrogens with zero attached hydrogens (tertiary/aromatic N) is 2. The van der Waals surface area contributed by atoms with Gasteiger partial charge >= 0.3 is 0 Å². The summed E-state index contributed by atoms with van der Waals surface area (Å²) in [5, 5.41) is 2.59. The van der Waals surface area contributed by atoms with Crippen LogP contribution in [0.5, 0.6) is 0 Å². The van der Waals surface area contributed by atoms with E-state index in [2.05, 4.69) is 77.2 Å². The van der Waals surface area contributed by atoms with Crippen LogP contribution in [0.1, 0.15) is 13.3 Å². The van der Waals surface area contributed by atoms with Crippen molar-refractivity contribution in [3.05, 3.63) is 122 Å². The number of hydrogen-bond acceptors (Lipinski definition) is 5. The zero-order valence-corrected chi connectivity index (χ0v) is 23.7. The number of thiophene rings is 2. The molecule has 0 aliphatic rings. The summed E-state index contributed by atoms with van der Waals surface area (Å²) in [5.41, 5.74) is 2.11. The molecule has 3 nitrogen and oxygen atoms in total. The number of carbonyl (C=O) groups is 1. The Hall–Kier alpha value is -3.31. The molecular formula is C31H26N2ORuS2. The van der Waals surface area contributed by atoms with Crippen molar-refractivity contribution in [2.24, 2.45) is 0 Å². The van der Waals surface area contributed by atoms with Crippen LogP contribution in [0.25, 0.3) is 41.3 Å². The molecule has 4 heterocycles. The van der Waals surface area contributed by atoms with Crippen LogP contribution in [0.4, 0.5) is 0 Å². The summed E-state index contributed by atoms with van der Waals surface area (Å²) in [5.74, 6) is 0.171. The first-order chi connectivity index (χ1) is 17.6. The summed E-state index contributed by atoms with van der Waals surface area (Å²) in [6.07, 6.45) is 5.77. The van der Waals surface area contributed by atoms with Crippen molar-refractivity contribution < 1.29 is 24.3 Å². The predicted molar refractivity (Wildman–Crippen MR) is 156 cm³/mol. The summed E-state index contributed by atoms with van der Waals surface area (Å²) >= 11 is 3.58. The topological polar surface area (TPSA) is 42.9 Å². The maximum atomic E-state index is 9.97. The molecule has 0 amide bonds. The zero-order chi connectivity index (χ0) is 25.2. The number of carbonyl (C=O) groups excluding carboxylic acids is 1. The number of fused-ring (bicyclic) bond motifs is 2. The number of hydrogen-bond donors (Lipinski definition) is 0. The molecule has 0 spiro atoms. The van der Waals surface area contributed by atoms with E-state index >= 15 is 0 Å². The average molecular weight is 608 g/mol. The molecule has 0 saturated carbocycles. The van der Waals surface area contributed by atoms with Gasteiger partial charge in [-0.2, -0.15) is 0 Å². The van der Waals surface area contributed by atoms with Crippen molar-refractivity contribution in [3.8, 4) is 21.1 Å². The monoisotopic (exact) mass is 608 g/mol. The number of allylic oxidation sites excluding steroid dienone is 1. The average Bonchev–Trinajstić information content (AvgIpc) is 3.55. The van der Waals surface area contributed by atoms with E-state index in [1.165, 1.54) is 29.9 Å². The smallest absolute Gasteiger partial charge is 0.133 e. The summed E-state index contributed by atoms with van der Waals surface area (Å²) in [6.45, 7) is 4.92. The molecule has 37 heavy (non-hydrogen) atoms. The molecule has 0 fully saturated rings. The van der Waals surface area contributed by atoms with Crippen LogP contribution in [-0.2, 0) is 24.3 Å². The van der Waals surface area contributed by atoms with E-state index in [-0.39, 0.29) is 25.3 Å². The molecule has 0 atom stereocenters. The summed E-state index contributed by atoms with van der Waals surface area (Å²) in [4.78, 5) is 21.1. The Labute approximate surface area is 238 Å². The molecule has 0 unspecified atom stereocenters. The molecule has 186 valence electrons. The van der Waals surface area contributed by atoms with Crippen molar-refractivity contribution in [1.29, 1.82) is 0 Å². The van der Waals surface area contributed by atoms with E-state index in [9.17, 15) is 4.79 Å². The molecule has 6 rings (SSSR count). The standard InChI is InChI=1S/2C13H9NS.C5H8O.Ru/c2*1-2-7-12-10(5-1)9-13(15-12)11-6-3-4-8-14-11;1-3-4-5(2)6;/h2*1-9H;3H,1,4H2,2H3;. The Bertz CT molecular complexity index is 1380. The SMILES string of the molecule is C=CCC(C)=O.[Ru].c1ccc(-c2cc3ccccc3s2)nc1.c1ccc(-c2cc3ccccc3s2)nc1. The molecule has 6 aromatic rings. The van der Waals surface area contributed by atoms with Crippen LogP contribution in [0.15, 0.2) is 122 Å². The van der Waals surface area contributed by atoms with Crippen LogP contribution >= 0.6 is 22.7 Å². The van der Waals surface area contributed by atoms with Gasteiger partial charge in [0.25, 0.3) is 0 Å². The first-order valence-corrected chi connectivity index (χ1v) is 13.2. The largest absolute Gasteiger partial charge is 0.300 e. The van der Waals surface area contributed by atoms with Gasteiger partial charge in [0.15, 0.2) is 0 Å². The number of rotatable bonds is 4. The number of benzene rings is 2. The number of pyridine rings is 2. The summed E-state index contributed by atoms with van der Waals surface area (Å²) in [7, 11) is 0. The van der Waals surface area contributed by atoms with Crippen molar-refractivity contribution in [1.82, 2.24) is 9.97 Å². The quantitative estimate of drug-likeness (QED) is 0.148. The fraction of sp³-hybridized carbons (Fsp3) is 0.0645. The van der Waals surface area contributed by atoms with Gasteiger partial charge in [-0.25, -0.2) is 0 Å². The summed E-state index contributed by atoms with van der Waals surface area (Å²) < 4.78 is 2.64. The minimum atomic E-state index is 0. The Morgan fingerprint density at radius 2 is 1.16 bits per heavy atom. The van der Waals surface area contributed by atoms with E-state index < -0.39 is 0 Å². The summed E-state index contributed by atoms with van der Waals surface area (Å²) in [6, 6.07) is 33.2. The Balaban J connectivity index is 0.000000166. The number of ketones is 1. The number of Topliss-reactive ketones (excluding diaryl/α,β-unsaturated/α-hetero) is 1. The van der Waals surface area contributed by atoms with E-state index in [0.29, 0.717) is 6.42 Å². The molecule has 4 aromatic heterocycles. The van der Waals surface area contributed by atoms with Crippen LogP contribution in [0.2, 0.25) is 0 Å². The molecule has 0 radical (unpaired) electrons. The second-order valence-electron chi connectivity index (χ2n) is 7.92. The third kappa shape index (κ3) is 8.09. The van der Waals surface area contributed by atoms with Crippen LogP contribution in [0.3, 0.4) is 0 Å². The molecular weight excluding hydrogens is 582 g/mol. The Morgan fingerprint density at radius 3 is 1.49 bits per heavy atom. The van der Waals surface area contributed by atoms with Gasteiger partial charge in [0, 0.05) is 47.7 Å². The second kappa shape index (κ2) is 14.4. The van der Waals surface area contributed by atoms with Crippen LogP contribution in [0, 0.1) is 0 Å². The van der Waals surface area contributed by atoms with Crippen molar-refractivity contribution >= 4 is 48.6 Å². The van der Waals surface area contributed by atoms with Crippen molar-refractivity contribution in [2.45, 2.75) is 13.3 Å². The van der Waals surface area contributed by atoms with Crippen molar-refractivity contribution in [2.75, 3.05) is 0 Å². The molecule has 0 N–H and O–H groups in total. The molecule has 2 aromatic carbocycles. The maximum absolute atomic E-state index is 9.97. The van der Waals surface area contributed by atoms with Crippen molar-refractivity contribution in [3.63, 3.8) is 0 Å². The minimum absolute atomic E-state index is 0. The third-order valence-electron chi connectivity index (χ3n) is 5.12. The van der Waals surface area contributed by atoms with E-state index in [0.717, 1.165) is 11.4 Å². The Kier molecular flexibility index (Phi) is 11.0. The van der Waals surface area contributed by atoms with Gasteiger partial charge in [0.1, 0.15) is 5.78 Å².